The van der Waals surface area contributed by atoms with Crippen LogP contribution < -0.4 is 10.1 Å². The number of ether oxygens (including phenoxy) is 1. The van der Waals surface area contributed by atoms with E-state index in [1.165, 1.54) is 36.8 Å². The Labute approximate surface area is 175 Å². The average Bonchev–Trinajstić information content (AvgIpc) is 3.10. The van der Waals surface area contributed by atoms with Gasteiger partial charge in [0.05, 0.1) is 16.8 Å². The topological polar surface area (TPSA) is 90.1 Å². The van der Waals surface area contributed by atoms with Crippen LogP contribution >= 0.6 is 11.6 Å². The smallest absolute Gasteiger partial charge is 0.261 e. The van der Waals surface area contributed by atoms with E-state index in [2.05, 4.69) is 20.4 Å². The van der Waals surface area contributed by atoms with Gasteiger partial charge in [-0.2, -0.15) is 0 Å². The normalized spacial score (nSPS) is 10.6. The Hall–Kier alpha value is -3.78. The fraction of sp³-hybridized carbons (Fsp3) is 0.0476. The maximum atomic E-state index is 14.4. The van der Waals surface area contributed by atoms with Crippen molar-refractivity contribution in [1.29, 1.82) is 0 Å². The molecule has 2 aromatic heterocycles. The molecular weight excluding hydrogens is 411 g/mol. The van der Waals surface area contributed by atoms with Crippen LogP contribution in [-0.4, -0.2) is 21.0 Å². The molecule has 0 aliphatic heterocycles. The van der Waals surface area contributed by atoms with Crippen molar-refractivity contribution in [2.45, 2.75) is 6.92 Å². The maximum Gasteiger partial charge on any atom is 0.261 e. The van der Waals surface area contributed by atoms with E-state index in [1.54, 1.807) is 31.2 Å². The molecule has 0 fully saturated rings. The van der Waals surface area contributed by atoms with Crippen LogP contribution in [0.1, 0.15) is 16.1 Å². The fourth-order valence-corrected chi connectivity index (χ4v) is 3.08. The van der Waals surface area contributed by atoms with Crippen LogP contribution in [0.15, 0.2) is 65.6 Å². The van der Waals surface area contributed by atoms with Gasteiger partial charge in [-0.3, -0.25) is 9.78 Å². The number of aromatic nitrogens is 3. The van der Waals surface area contributed by atoms with E-state index in [-0.39, 0.29) is 27.6 Å². The summed E-state index contributed by atoms with van der Waals surface area (Å²) in [5.41, 5.74) is 0.566. The summed E-state index contributed by atoms with van der Waals surface area (Å²) in [5, 5.41) is 6.71. The van der Waals surface area contributed by atoms with Gasteiger partial charge >= 0.3 is 0 Å². The SMILES string of the molecule is Cc1onc(-c2c(F)cccc2Cl)c1C(=O)Nc1cccc(Oc2cnccn2)c1. The Kier molecular flexibility index (Phi) is 5.40. The number of carbonyl (C=O) groups is 1. The maximum absolute atomic E-state index is 14.4. The van der Waals surface area contributed by atoms with E-state index in [4.69, 9.17) is 20.9 Å². The number of carbonyl (C=O) groups excluding carboxylic acids is 1. The first kappa shape index (κ1) is 19.5. The zero-order valence-corrected chi connectivity index (χ0v) is 16.4. The zero-order chi connectivity index (χ0) is 21.1. The third-order valence-electron chi connectivity index (χ3n) is 4.14. The van der Waals surface area contributed by atoms with Crippen LogP contribution in [0.4, 0.5) is 10.1 Å². The molecule has 7 nitrogen and oxygen atoms in total. The highest BCUT2D eigenvalue weighted by molar-refractivity contribution is 6.33. The van der Waals surface area contributed by atoms with E-state index >= 15 is 0 Å². The van der Waals surface area contributed by atoms with Crippen molar-refractivity contribution < 1.29 is 18.4 Å². The Bertz CT molecular complexity index is 1190. The Morgan fingerprint density at radius 2 is 2.03 bits per heavy atom. The predicted octanol–water partition coefficient (Wildman–Crippen LogP) is 5.28. The van der Waals surface area contributed by atoms with Gasteiger partial charge in [0.2, 0.25) is 5.88 Å². The monoisotopic (exact) mass is 424 g/mol. The minimum atomic E-state index is -0.607. The van der Waals surface area contributed by atoms with Gasteiger partial charge in [-0.05, 0) is 31.2 Å². The van der Waals surface area contributed by atoms with E-state index in [9.17, 15) is 9.18 Å². The first-order valence-electron chi connectivity index (χ1n) is 8.79. The summed E-state index contributed by atoms with van der Waals surface area (Å²) in [4.78, 5) is 20.9. The van der Waals surface area contributed by atoms with Crippen molar-refractivity contribution in [3.8, 4) is 22.9 Å². The van der Waals surface area contributed by atoms with Gasteiger partial charge in [-0.25, -0.2) is 9.37 Å². The molecular formula is C21H14ClFN4O3. The lowest BCUT2D eigenvalue weighted by Crippen LogP contribution is -2.13. The molecule has 2 aromatic carbocycles. The van der Waals surface area contributed by atoms with Crippen LogP contribution in [0.25, 0.3) is 11.3 Å². The minimum Gasteiger partial charge on any atom is -0.437 e. The van der Waals surface area contributed by atoms with Crippen molar-refractivity contribution in [3.05, 3.63) is 83.2 Å². The zero-order valence-electron chi connectivity index (χ0n) is 15.6. The summed E-state index contributed by atoms with van der Waals surface area (Å²) in [7, 11) is 0. The summed E-state index contributed by atoms with van der Waals surface area (Å²) in [6.07, 6.45) is 4.51. The van der Waals surface area contributed by atoms with E-state index in [0.717, 1.165) is 0 Å². The van der Waals surface area contributed by atoms with Crippen molar-refractivity contribution in [3.63, 3.8) is 0 Å². The Balaban J connectivity index is 1.61. The Morgan fingerprint density at radius 3 is 2.80 bits per heavy atom. The third-order valence-corrected chi connectivity index (χ3v) is 4.46. The van der Waals surface area contributed by atoms with E-state index in [0.29, 0.717) is 17.3 Å². The molecule has 30 heavy (non-hydrogen) atoms. The van der Waals surface area contributed by atoms with Gasteiger partial charge in [0, 0.05) is 24.1 Å². The highest BCUT2D eigenvalue weighted by Crippen LogP contribution is 2.34. The van der Waals surface area contributed by atoms with Crippen LogP contribution in [0.5, 0.6) is 11.6 Å². The van der Waals surface area contributed by atoms with E-state index in [1.807, 2.05) is 0 Å². The number of aryl methyl sites for hydroxylation is 1. The quantitative estimate of drug-likeness (QED) is 0.469. The predicted molar refractivity (Wildman–Crippen MR) is 108 cm³/mol. The number of nitrogens with one attached hydrogen (secondary N) is 1. The Morgan fingerprint density at radius 1 is 1.20 bits per heavy atom. The second-order valence-electron chi connectivity index (χ2n) is 6.19. The molecule has 4 rings (SSSR count). The fourth-order valence-electron chi connectivity index (χ4n) is 2.82. The van der Waals surface area contributed by atoms with Gasteiger partial charge in [0.25, 0.3) is 5.91 Å². The number of amides is 1. The summed E-state index contributed by atoms with van der Waals surface area (Å²) >= 11 is 6.13. The average molecular weight is 425 g/mol. The highest BCUT2D eigenvalue weighted by Gasteiger charge is 2.25. The minimum absolute atomic E-state index is 0.000836. The molecule has 0 bridgehead atoms. The lowest BCUT2D eigenvalue weighted by atomic mass is 10.0. The standard InChI is InChI=1S/C21H14ClFN4O3/c1-12-18(20(27-30-12)19-15(22)6-3-7-16(19)23)21(28)26-13-4-2-5-14(10-13)29-17-11-24-8-9-25-17/h2-11H,1H3,(H,26,28). The van der Waals surface area contributed by atoms with Crippen molar-refractivity contribution in [1.82, 2.24) is 15.1 Å². The number of hydrogen-bond donors (Lipinski definition) is 1. The van der Waals surface area contributed by atoms with Crippen LogP contribution in [0.2, 0.25) is 5.02 Å². The van der Waals surface area contributed by atoms with Crippen molar-refractivity contribution in [2.24, 2.45) is 0 Å². The van der Waals surface area contributed by atoms with E-state index < -0.39 is 11.7 Å². The number of nitrogens with zero attached hydrogens (tertiary/aromatic N) is 3. The van der Waals surface area contributed by atoms with Crippen LogP contribution in [0, 0.1) is 12.7 Å². The molecule has 1 N–H and O–H groups in total. The molecule has 0 saturated heterocycles. The van der Waals surface area contributed by atoms with Crippen LogP contribution in [0.3, 0.4) is 0 Å². The first-order valence-corrected chi connectivity index (χ1v) is 9.16. The van der Waals surface area contributed by atoms with Gasteiger partial charge in [-0.1, -0.05) is 28.9 Å². The first-order chi connectivity index (χ1) is 14.5. The molecule has 9 heteroatoms. The molecule has 0 aliphatic carbocycles. The van der Waals surface area contributed by atoms with Crippen molar-refractivity contribution >= 4 is 23.2 Å². The number of anilines is 1. The largest absolute Gasteiger partial charge is 0.437 e. The number of benzene rings is 2. The molecule has 4 aromatic rings. The second kappa shape index (κ2) is 8.30. The van der Waals surface area contributed by atoms with Crippen molar-refractivity contribution in [2.75, 3.05) is 5.32 Å². The molecule has 1 amide bonds. The van der Waals surface area contributed by atoms with Gasteiger partial charge in [-0.15, -0.1) is 0 Å². The lowest BCUT2D eigenvalue weighted by molar-refractivity contribution is 0.102. The summed E-state index contributed by atoms with van der Waals surface area (Å²) < 4.78 is 25.1. The molecule has 0 spiro atoms. The summed E-state index contributed by atoms with van der Waals surface area (Å²) in [6.45, 7) is 1.56. The van der Waals surface area contributed by atoms with Gasteiger partial charge in [0.1, 0.15) is 28.6 Å². The van der Waals surface area contributed by atoms with Gasteiger partial charge < -0.3 is 14.6 Å². The highest BCUT2D eigenvalue weighted by atomic mass is 35.5. The van der Waals surface area contributed by atoms with Gasteiger partial charge in [0.15, 0.2) is 0 Å². The van der Waals surface area contributed by atoms with Crippen LogP contribution in [-0.2, 0) is 0 Å². The second-order valence-corrected chi connectivity index (χ2v) is 6.59. The molecule has 2 heterocycles. The molecule has 0 unspecified atom stereocenters. The molecule has 0 saturated carbocycles. The molecule has 0 radical (unpaired) electrons. The molecule has 0 aliphatic rings. The summed E-state index contributed by atoms with van der Waals surface area (Å²) in [6, 6.07) is 10.9. The number of halogens is 2. The third kappa shape index (κ3) is 3.99. The number of rotatable bonds is 5. The number of hydrogen-bond acceptors (Lipinski definition) is 6. The molecule has 0 atom stereocenters. The summed E-state index contributed by atoms with van der Waals surface area (Å²) in [5.74, 6) is -0.141. The lowest BCUT2D eigenvalue weighted by Gasteiger charge is -2.09. The molecule has 150 valence electrons.